The number of nitriles is 1. The highest BCUT2D eigenvalue weighted by molar-refractivity contribution is 8.03. The zero-order valence-electron chi connectivity index (χ0n) is 17.7. The second kappa shape index (κ2) is 8.89. The second-order valence-corrected chi connectivity index (χ2v) is 8.64. The number of nitrogens with one attached hydrogen (secondary N) is 1. The van der Waals surface area contributed by atoms with Crippen LogP contribution in [0.4, 0.5) is 0 Å². The number of fused-ring (bicyclic) bond motifs is 1. The number of carbonyl (C=O) groups is 3. The molecule has 0 aliphatic carbocycles. The fourth-order valence-electron chi connectivity index (χ4n) is 4.07. The number of allylic oxidation sites excluding steroid dienone is 3. The van der Waals surface area contributed by atoms with Gasteiger partial charge in [0.1, 0.15) is 5.76 Å². The van der Waals surface area contributed by atoms with Gasteiger partial charge >= 0.3 is 0 Å². The normalized spacial score (nSPS) is 18.0. The molecule has 0 bridgehead atoms. The fraction of sp³-hybridized carbons (Fsp3) is 0.250. The molecule has 32 heavy (non-hydrogen) atoms. The van der Waals surface area contributed by atoms with Gasteiger partial charge in [0.15, 0.2) is 5.78 Å². The highest BCUT2D eigenvalue weighted by atomic mass is 32.2. The minimum absolute atomic E-state index is 0.126. The highest BCUT2D eigenvalue weighted by Crippen LogP contribution is 2.41. The number of imide groups is 1. The molecular weight excluding hydrogens is 426 g/mol. The molecule has 0 radical (unpaired) electrons. The Kier molecular flexibility index (Phi) is 6.01. The third-order valence-electron chi connectivity index (χ3n) is 5.51. The first-order valence-electron chi connectivity index (χ1n) is 10.2. The molecule has 1 N–H and O–H groups in total. The van der Waals surface area contributed by atoms with Gasteiger partial charge in [-0.2, -0.15) is 5.26 Å². The number of Topliss-reactive ketones (excluding diaryl/α,β-unsaturated/α-hetero) is 1. The van der Waals surface area contributed by atoms with Crippen molar-refractivity contribution in [2.45, 2.75) is 26.2 Å². The lowest BCUT2D eigenvalue weighted by Crippen LogP contribution is -2.31. The maximum absolute atomic E-state index is 12.5. The Morgan fingerprint density at radius 1 is 1.19 bits per heavy atom. The van der Waals surface area contributed by atoms with Crippen molar-refractivity contribution in [3.8, 4) is 6.07 Å². The molecule has 2 aliphatic heterocycles. The van der Waals surface area contributed by atoms with Gasteiger partial charge in [0.25, 0.3) is 11.8 Å². The SMILES string of the molecule is CC(=O)C1=C(C)NC(SCCCN2C(=O)c3ccccc3C2=O)=C(C#N)[C@@H]1c1ccco1. The first-order valence-corrected chi connectivity index (χ1v) is 11.2. The highest BCUT2D eigenvalue weighted by Gasteiger charge is 2.36. The Bertz CT molecular complexity index is 1170. The lowest BCUT2D eigenvalue weighted by molar-refractivity contribution is -0.113. The Balaban J connectivity index is 1.47. The van der Waals surface area contributed by atoms with Crippen LogP contribution in [0.5, 0.6) is 0 Å². The number of benzene rings is 1. The van der Waals surface area contributed by atoms with E-state index in [1.807, 2.05) is 0 Å². The zero-order chi connectivity index (χ0) is 22.8. The maximum atomic E-state index is 12.5. The summed E-state index contributed by atoms with van der Waals surface area (Å²) >= 11 is 1.43. The van der Waals surface area contributed by atoms with Gasteiger partial charge in [-0.25, -0.2) is 0 Å². The molecule has 1 aromatic carbocycles. The van der Waals surface area contributed by atoms with Gasteiger partial charge in [0, 0.05) is 23.6 Å². The van der Waals surface area contributed by atoms with E-state index in [1.165, 1.54) is 29.8 Å². The van der Waals surface area contributed by atoms with Crippen molar-refractivity contribution in [3.05, 3.63) is 81.4 Å². The molecule has 7 nitrogen and oxygen atoms in total. The van der Waals surface area contributed by atoms with Crippen LogP contribution in [0.2, 0.25) is 0 Å². The summed E-state index contributed by atoms with van der Waals surface area (Å²) in [6, 6.07) is 12.5. The molecule has 0 unspecified atom stereocenters. The molecule has 0 saturated heterocycles. The smallest absolute Gasteiger partial charge is 0.261 e. The van der Waals surface area contributed by atoms with Gasteiger partial charge in [-0.3, -0.25) is 19.3 Å². The van der Waals surface area contributed by atoms with Crippen LogP contribution in [0.15, 0.2) is 69.0 Å². The average molecular weight is 448 g/mol. The largest absolute Gasteiger partial charge is 0.468 e. The number of ketones is 1. The van der Waals surface area contributed by atoms with Gasteiger partial charge in [0.05, 0.1) is 40.0 Å². The lowest BCUT2D eigenvalue weighted by atomic mass is 9.84. The molecule has 0 fully saturated rings. The Labute approximate surface area is 189 Å². The summed E-state index contributed by atoms with van der Waals surface area (Å²) in [5, 5.41) is 13.7. The molecule has 162 valence electrons. The number of thioether (sulfide) groups is 1. The van der Waals surface area contributed by atoms with Crippen LogP contribution < -0.4 is 5.32 Å². The van der Waals surface area contributed by atoms with Crippen molar-refractivity contribution in [1.82, 2.24) is 10.2 Å². The maximum Gasteiger partial charge on any atom is 0.261 e. The molecule has 1 aromatic heterocycles. The van der Waals surface area contributed by atoms with Crippen molar-refractivity contribution in [1.29, 1.82) is 5.26 Å². The first-order chi connectivity index (χ1) is 15.4. The average Bonchev–Trinajstić information content (AvgIpc) is 3.39. The molecule has 2 amide bonds. The monoisotopic (exact) mass is 447 g/mol. The van der Waals surface area contributed by atoms with Crippen molar-refractivity contribution in [2.75, 3.05) is 12.3 Å². The molecule has 2 aromatic rings. The van der Waals surface area contributed by atoms with Crippen LogP contribution in [-0.4, -0.2) is 34.8 Å². The summed E-state index contributed by atoms with van der Waals surface area (Å²) in [4.78, 5) is 38.6. The van der Waals surface area contributed by atoms with Crippen LogP contribution in [0.1, 0.15) is 52.7 Å². The third kappa shape index (κ3) is 3.76. The summed E-state index contributed by atoms with van der Waals surface area (Å²) in [7, 11) is 0. The molecule has 1 atom stereocenters. The molecule has 3 heterocycles. The van der Waals surface area contributed by atoms with Gasteiger partial charge in [-0.15, -0.1) is 11.8 Å². The number of carbonyl (C=O) groups excluding carboxylic acids is 3. The molecule has 2 aliphatic rings. The number of nitrogens with zero attached hydrogens (tertiary/aromatic N) is 2. The van der Waals surface area contributed by atoms with Crippen LogP contribution in [0.25, 0.3) is 0 Å². The van der Waals surface area contributed by atoms with Gasteiger partial charge in [-0.1, -0.05) is 12.1 Å². The van der Waals surface area contributed by atoms with Crippen molar-refractivity contribution < 1.29 is 18.8 Å². The van der Waals surface area contributed by atoms with Crippen LogP contribution in [-0.2, 0) is 4.79 Å². The van der Waals surface area contributed by atoms with E-state index in [9.17, 15) is 19.6 Å². The van der Waals surface area contributed by atoms with E-state index in [2.05, 4.69) is 11.4 Å². The van der Waals surface area contributed by atoms with E-state index in [4.69, 9.17) is 4.42 Å². The second-order valence-electron chi connectivity index (χ2n) is 7.53. The molecule has 0 spiro atoms. The Morgan fingerprint density at radius 2 is 1.88 bits per heavy atom. The quantitative estimate of drug-likeness (QED) is 0.506. The molecule has 8 heteroatoms. The minimum Gasteiger partial charge on any atom is -0.468 e. The van der Waals surface area contributed by atoms with E-state index in [1.54, 1.807) is 43.3 Å². The van der Waals surface area contributed by atoms with Crippen LogP contribution in [0, 0.1) is 11.3 Å². The summed E-state index contributed by atoms with van der Waals surface area (Å²) in [6.45, 7) is 3.58. The number of furan rings is 1. The summed E-state index contributed by atoms with van der Waals surface area (Å²) in [5.74, 6) is -0.116. The minimum atomic E-state index is -0.563. The number of rotatable bonds is 7. The van der Waals surface area contributed by atoms with E-state index in [-0.39, 0.29) is 17.6 Å². The predicted molar refractivity (Wildman–Crippen MR) is 119 cm³/mol. The van der Waals surface area contributed by atoms with Crippen molar-refractivity contribution >= 4 is 29.4 Å². The van der Waals surface area contributed by atoms with Crippen molar-refractivity contribution in [2.24, 2.45) is 0 Å². The number of hydrogen-bond donors (Lipinski definition) is 1. The fourth-order valence-corrected chi connectivity index (χ4v) is 5.09. The van der Waals surface area contributed by atoms with Gasteiger partial charge < -0.3 is 9.73 Å². The van der Waals surface area contributed by atoms with Gasteiger partial charge in [0.2, 0.25) is 0 Å². The van der Waals surface area contributed by atoms with E-state index in [0.717, 1.165) is 0 Å². The van der Waals surface area contributed by atoms with Crippen molar-refractivity contribution in [3.63, 3.8) is 0 Å². The summed E-state index contributed by atoms with van der Waals surface area (Å²) in [5.41, 5.74) is 2.48. The Hall–Kier alpha value is -3.57. The standard InChI is InChI=1S/C24H21N3O4S/c1-14-20(15(2)28)21(19-9-5-11-31-19)18(13-25)22(26-14)32-12-6-10-27-23(29)16-7-3-4-8-17(16)24(27)30/h3-5,7-9,11,21,26H,6,10,12H2,1-2H3/t21-/m1/s1. The number of hydrogen-bond acceptors (Lipinski definition) is 7. The molecule has 0 saturated carbocycles. The summed E-state index contributed by atoms with van der Waals surface area (Å²) in [6.07, 6.45) is 2.09. The van der Waals surface area contributed by atoms with Crippen LogP contribution >= 0.6 is 11.8 Å². The molecule has 4 rings (SSSR count). The third-order valence-corrected chi connectivity index (χ3v) is 6.61. The predicted octanol–water partition coefficient (Wildman–Crippen LogP) is 3.98. The lowest BCUT2D eigenvalue weighted by Gasteiger charge is -2.27. The van der Waals surface area contributed by atoms with E-state index >= 15 is 0 Å². The summed E-state index contributed by atoms with van der Waals surface area (Å²) < 4.78 is 5.54. The van der Waals surface area contributed by atoms with E-state index < -0.39 is 5.92 Å². The number of dihydropyridines is 1. The zero-order valence-corrected chi connectivity index (χ0v) is 18.5. The van der Waals surface area contributed by atoms with Gasteiger partial charge in [-0.05, 0) is 44.5 Å². The molecular formula is C24H21N3O4S. The van der Waals surface area contributed by atoms with E-state index in [0.29, 0.717) is 57.5 Å². The number of amides is 2. The Morgan fingerprint density at radius 3 is 2.44 bits per heavy atom. The first kappa shape index (κ1) is 21.7. The topological polar surface area (TPSA) is 103 Å². The van der Waals surface area contributed by atoms with Crippen LogP contribution in [0.3, 0.4) is 0 Å².